The van der Waals surface area contributed by atoms with Gasteiger partial charge in [-0.05, 0) is 37.5 Å². The number of carbonyl (C=O) groups excluding carboxylic acids is 1. The minimum atomic E-state index is 0.284. The van der Waals surface area contributed by atoms with Gasteiger partial charge in [-0.25, -0.2) is 0 Å². The molecule has 0 aliphatic heterocycles. The Morgan fingerprint density at radius 2 is 2.00 bits per heavy atom. The Kier molecular flexibility index (Phi) is 2.74. The molecule has 0 amide bonds. The average Bonchev–Trinajstić information content (AvgIpc) is 2.27. The first-order valence-electron chi connectivity index (χ1n) is 6.25. The van der Waals surface area contributed by atoms with E-state index in [4.69, 9.17) is 0 Å². The molecule has 0 N–H and O–H groups in total. The monoisotopic (exact) mass is 206 g/mol. The van der Waals surface area contributed by atoms with Gasteiger partial charge in [-0.15, -0.1) is 0 Å². The molecule has 0 saturated carbocycles. The Bertz CT molecular complexity index is 309. The third-order valence-corrected chi connectivity index (χ3v) is 4.29. The first-order valence-corrected chi connectivity index (χ1v) is 6.25. The summed E-state index contributed by atoms with van der Waals surface area (Å²) in [4.78, 5) is 11.8. The molecule has 0 heterocycles. The van der Waals surface area contributed by atoms with E-state index in [1.165, 1.54) is 24.8 Å². The fraction of sp³-hybridized carbons (Fsp3) is 0.786. The highest BCUT2D eigenvalue weighted by atomic mass is 16.1. The minimum absolute atomic E-state index is 0.284. The van der Waals surface area contributed by atoms with Crippen molar-refractivity contribution in [3.8, 4) is 0 Å². The quantitative estimate of drug-likeness (QED) is 0.550. The molecule has 1 nitrogen and oxygen atoms in total. The molecule has 2 rings (SSSR count). The summed E-state index contributed by atoms with van der Waals surface area (Å²) in [5.74, 6) is 0.754. The number of hydrogen-bond donors (Lipinski definition) is 0. The summed E-state index contributed by atoms with van der Waals surface area (Å²) in [5.41, 5.74) is 3.46. The summed E-state index contributed by atoms with van der Waals surface area (Å²) < 4.78 is 0. The van der Waals surface area contributed by atoms with Crippen molar-refractivity contribution in [2.45, 2.75) is 59.3 Å². The van der Waals surface area contributed by atoms with E-state index in [1.807, 2.05) is 0 Å². The Labute approximate surface area is 92.9 Å². The van der Waals surface area contributed by atoms with Crippen molar-refractivity contribution in [2.75, 3.05) is 0 Å². The Balaban J connectivity index is 2.31. The first kappa shape index (κ1) is 10.9. The predicted octanol–water partition coefficient (Wildman–Crippen LogP) is 3.88. The van der Waals surface area contributed by atoms with Crippen LogP contribution in [0.15, 0.2) is 11.1 Å². The van der Waals surface area contributed by atoms with Crippen LogP contribution in [-0.2, 0) is 4.79 Å². The zero-order valence-corrected chi connectivity index (χ0v) is 10.2. The molecule has 15 heavy (non-hydrogen) atoms. The van der Waals surface area contributed by atoms with Crippen LogP contribution in [0.4, 0.5) is 0 Å². The number of rotatable bonds is 0. The van der Waals surface area contributed by atoms with Crippen molar-refractivity contribution in [3.63, 3.8) is 0 Å². The molecular weight excluding hydrogens is 184 g/mol. The van der Waals surface area contributed by atoms with Crippen LogP contribution in [0, 0.1) is 11.3 Å². The molecule has 0 aromatic rings. The van der Waals surface area contributed by atoms with E-state index in [9.17, 15) is 4.79 Å². The van der Waals surface area contributed by atoms with Crippen LogP contribution in [-0.4, -0.2) is 5.78 Å². The van der Waals surface area contributed by atoms with E-state index in [2.05, 4.69) is 20.8 Å². The molecule has 0 spiro atoms. The number of hydrogen-bond acceptors (Lipinski definition) is 1. The van der Waals surface area contributed by atoms with Crippen molar-refractivity contribution in [1.29, 1.82) is 0 Å². The zero-order valence-electron chi connectivity index (χ0n) is 10.2. The molecule has 0 fully saturated rings. The Morgan fingerprint density at radius 1 is 1.27 bits per heavy atom. The summed E-state index contributed by atoms with van der Waals surface area (Å²) in [6, 6.07) is 0. The van der Waals surface area contributed by atoms with Crippen molar-refractivity contribution in [2.24, 2.45) is 11.3 Å². The third-order valence-electron chi connectivity index (χ3n) is 4.29. The van der Waals surface area contributed by atoms with E-state index >= 15 is 0 Å². The van der Waals surface area contributed by atoms with Gasteiger partial charge in [0.1, 0.15) is 5.78 Å². The fourth-order valence-electron chi connectivity index (χ4n) is 3.14. The Hall–Kier alpha value is -0.590. The fourth-order valence-corrected chi connectivity index (χ4v) is 3.14. The maximum Gasteiger partial charge on any atom is 0.139 e. The van der Waals surface area contributed by atoms with E-state index in [0.717, 1.165) is 19.3 Å². The molecule has 1 unspecified atom stereocenters. The van der Waals surface area contributed by atoms with Gasteiger partial charge < -0.3 is 0 Å². The van der Waals surface area contributed by atoms with Crippen LogP contribution < -0.4 is 0 Å². The lowest BCUT2D eigenvalue weighted by Gasteiger charge is -2.34. The number of allylic oxidation sites excluding steroid dienone is 2. The zero-order chi connectivity index (χ0) is 11.1. The summed E-state index contributed by atoms with van der Waals surface area (Å²) >= 11 is 0. The normalized spacial score (nSPS) is 31.1. The van der Waals surface area contributed by atoms with Crippen LogP contribution >= 0.6 is 0 Å². The van der Waals surface area contributed by atoms with Gasteiger partial charge >= 0.3 is 0 Å². The highest BCUT2D eigenvalue weighted by Crippen LogP contribution is 2.45. The molecule has 84 valence electrons. The minimum Gasteiger partial charge on any atom is -0.299 e. The standard InChI is InChI=1S/C14H22O/c1-10-6-7-12-11(9-13(10)15)5-4-8-14(12,2)3/h10H,4-9H2,1-3H3. The average molecular weight is 206 g/mol. The second-order valence-corrected chi connectivity index (χ2v) is 5.90. The van der Waals surface area contributed by atoms with Gasteiger partial charge in [-0.1, -0.05) is 31.9 Å². The van der Waals surface area contributed by atoms with Gasteiger partial charge in [0.2, 0.25) is 0 Å². The molecule has 0 radical (unpaired) electrons. The lowest BCUT2D eigenvalue weighted by atomic mass is 9.71. The molecule has 0 aromatic heterocycles. The van der Waals surface area contributed by atoms with Crippen molar-refractivity contribution in [1.82, 2.24) is 0 Å². The number of carbonyl (C=O) groups is 1. The van der Waals surface area contributed by atoms with Crippen LogP contribution in [0.1, 0.15) is 59.3 Å². The maximum atomic E-state index is 11.8. The maximum absolute atomic E-state index is 11.8. The van der Waals surface area contributed by atoms with Crippen LogP contribution in [0.25, 0.3) is 0 Å². The van der Waals surface area contributed by atoms with Gasteiger partial charge in [0, 0.05) is 12.3 Å². The van der Waals surface area contributed by atoms with Gasteiger partial charge in [0.05, 0.1) is 0 Å². The van der Waals surface area contributed by atoms with Crippen molar-refractivity contribution in [3.05, 3.63) is 11.1 Å². The highest BCUT2D eigenvalue weighted by Gasteiger charge is 2.33. The van der Waals surface area contributed by atoms with Crippen LogP contribution in [0.5, 0.6) is 0 Å². The largest absolute Gasteiger partial charge is 0.299 e. The summed E-state index contributed by atoms with van der Waals surface area (Å²) in [5, 5.41) is 0. The van der Waals surface area contributed by atoms with Crippen molar-refractivity contribution < 1.29 is 4.79 Å². The lowest BCUT2D eigenvalue weighted by molar-refractivity contribution is -0.121. The molecular formula is C14H22O. The number of Topliss-reactive ketones (excluding diaryl/α,β-unsaturated/α-hetero) is 1. The van der Waals surface area contributed by atoms with Gasteiger partial charge in [0.25, 0.3) is 0 Å². The highest BCUT2D eigenvalue weighted by molar-refractivity contribution is 5.83. The Morgan fingerprint density at radius 3 is 2.73 bits per heavy atom. The van der Waals surface area contributed by atoms with Crippen LogP contribution in [0.3, 0.4) is 0 Å². The van der Waals surface area contributed by atoms with Crippen molar-refractivity contribution >= 4 is 5.78 Å². The van der Waals surface area contributed by atoms with Crippen LogP contribution in [0.2, 0.25) is 0 Å². The van der Waals surface area contributed by atoms with Gasteiger partial charge in [-0.3, -0.25) is 4.79 Å². The molecule has 0 bridgehead atoms. The molecule has 0 aromatic carbocycles. The summed E-state index contributed by atoms with van der Waals surface area (Å²) in [6.45, 7) is 6.79. The molecule has 1 heteroatoms. The topological polar surface area (TPSA) is 17.1 Å². The van der Waals surface area contributed by atoms with E-state index < -0.39 is 0 Å². The first-order chi connectivity index (χ1) is 7.00. The number of ketones is 1. The second-order valence-electron chi connectivity index (χ2n) is 5.90. The smallest absolute Gasteiger partial charge is 0.139 e. The molecule has 2 aliphatic carbocycles. The van der Waals surface area contributed by atoms with E-state index in [0.29, 0.717) is 11.2 Å². The van der Waals surface area contributed by atoms with Gasteiger partial charge in [-0.2, -0.15) is 0 Å². The van der Waals surface area contributed by atoms with E-state index in [-0.39, 0.29) is 5.92 Å². The summed E-state index contributed by atoms with van der Waals surface area (Å²) in [6.07, 6.45) is 6.73. The van der Waals surface area contributed by atoms with Gasteiger partial charge in [0.15, 0.2) is 0 Å². The third kappa shape index (κ3) is 2.02. The molecule has 2 aliphatic rings. The van der Waals surface area contributed by atoms with E-state index in [1.54, 1.807) is 5.57 Å². The lowest BCUT2D eigenvalue weighted by Crippen LogP contribution is -2.20. The predicted molar refractivity (Wildman–Crippen MR) is 62.7 cm³/mol. The molecule has 0 saturated heterocycles. The second kappa shape index (κ2) is 3.77. The summed E-state index contributed by atoms with van der Waals surface area (Å²) in [7, 11) is 0. The SMILES string of the molecule is CC1CCC2=C(CCCC2(C)C)CC1=O. The molecule has 1 atom stereocenters.